The molecule has 2 fully saturated rings. The second kappa shape index (κ2) is 8.56. The van der Waals surface area contributed by atoms with Gasteiger partial charge in [-0.2, -0.15) is 13.2 Å². The van der Waals surface area contributed by atoms with Gasteiger partial charge in [-0.15, -0.1) is 0 Å². The number of carbonyl (C=O) groups is 1. The van der Waals surface area contributed by atoms with Crippen molar-refractivity contribution in [1.82, 2.24) is 5.32 Å². The van der Waals surface area contributed by atoms with Crippen molar-refractivity contribution in [3.63, 3.8) is 0 Å². The van der Waals surface area contributed by atoms with Gasteiger partial charge in [0.15, 0.2) is 6.04 Å². The van der Waals surface area contributed by atoms with Crippen LogP contribution in [0.5, 0.6) is 0 Å². The third kappa shape index (κ3) is 4.98. The summed E-state index contributed by atoms with van der Waals surface area (Å²) >= 11 is 0. The van der Waals surface area contributed by atoms with Crippen LogP contribution in [0.25, 0.3) is 0 Å². The molecule has 1 saturated heterocycles. The highest BCUT2D eigenvalue weighted by Gasteiger charge is 2.36. The minimum Gasteiger partial charge on any atom is -0.355 e. The van der Waals surface area contributed by atoms with E-state index in [9.17, 15) is 28.1 Å². The van der Waals surface area contributed by atoms with Crippen LogP contribution in [-0.4, -0.2) is 49.1 Å². The number of nitrogens with zero attached hydrogens (tertiary/aromatic N) is 2. The summed E-state index contributed by atoms with van der Waals surface area (Å²) in [7, 11) is 0. The number of quaternary nitrogens is 1. The average Bonchev–Trinajstić information content (AvgIpc) is 3.19. The lowest BCUT2D eigenvalue weighted by molar-refractivity contribution is -0.914. The second-order valence-corrected chi connectivity index (χ2v) is 7.82. The van der Waals surface area contributed by atoms with Gasteiger partial charge < -0.3 is 15.1 Å². The van der Waals surface area contributed by atoms with E-state index in [1.54, 1.807) is 4.90 Å². The molecule has 0 bridgehead atoms. The molecule has 1 aliphatic heterocycles. The fraction of sp³-hybridized carbons (Fsp3) is 0.632. The molecule has 1 heterocycles. The quantitative estimate of drug-likeness (QED) is 0.568. The Bertz CT molecular complexity index is 758. The normalized spacial score (nSPS) is 19.9. The monoisotopic (exact) mass is 415 g/mol. The molecule has 1 aliphatic carbocycles. The Hall–Kier alpha value is -2.36. The zero-order valence-corrected chi connectivity index (χ0v) is 16.3. The van der Waals surface area contributed by atoms with E-state index in [0.29, 0.717) is 32.2 Å². The minimum atomic E-state index is -4.63. The van der Waals surface area contributed by atoms with Crippen molar-refractivity contribution in [2.45, 2.75) is 50.9 Å². The molecular formula is C19H26F3N4O3+. The third-order valence-corrected chi connectivity index (χ3v) is 5.95. The summed E-state index contributed by atoms with van der Waals surface area (Å²) < 4.78 is 38.7. The number of halogens is 3. The molecule has 2 aliphatic rings. The summed E-state index contributed by atoms with van der Waals surface area (Å²) in [6.07, 6.45) is -0.333. The number of alkyl halides is 3. The van der Waals surface area contributed by atoms with Crippen molar-refractivity contribution in [1.29, 1.82) is 0 Å². The number of rotatable bonds is 5. The van der Waals surface area contributed by atoms with E-state index in [1.807, 2.05) is 6.92 Å². The van der Waals surface area contributed by atoms with Gasteiger partial charge in [0.1, 0.15) is 5.69 Å². The van der Waals surface area contributed by atoms with E-state index < -0.39 is 22.4 Å². The van der Waals surface area contributed by atoms with Gasteiger partial charge in [0.05, 0.1) is 36.7 Å². The van der Waals surface area contributed by atoms with Crippen LogP contribution < -0.4 is 15.1 Å². The molecule has 0 aromatic heterocycles. The van der Waals surface area contributed by atoms with E-state index in [0.717, 1.165) is 36.6 Å². The van der Waals surface area contributed by atoms with Gasteiger partial charge in [-0.25, -0.2) is 0 Å². The van der Waals surface area contributed by atoms with Gasteiger partial charge in [-0.1, -0.05) is 12.8 Å². The highest BCUT2D eigenvalue weighted by molar-refractivity contribution is 5.80. The van der Waals surface area contributed by atoms with Crippen molar-refractivity contribution < 1.29 is 27.8 Å². The Morgan fingerprint density at radius 3 is 2.45 bits per heavy atom. The molecule has 7 nitrogen and oxygen atoms in total. The summed E-state index contributed by atoms with van der Waals surface area (Å²) in [5.74, 6) is 0.0147. The van der Waals surface area contributed by atoms with E-state index in [-0.39, 0.29) is 23.7 Å². The van der Waals surface area contributed by atoms with Gasteiger partial charge in [-0.05, 0) is 31.9 Å². The molecule has 1 saturated carbocycles. The molecule has 10 heteroatoms. The Morgan fingerprint density at radius 2 is 1.90 bits per heavy atom. The molecule has 160 valence electrons. The van der Waals surface area contributed by atoms with Crippen LogP contribution in [0.15, 0.2) is 18.2 Å². The Balaban J connectivity index is 1.64. The summed E-state index contributed by atoms with van der Waals surface area (Å²) in [6.45, 7) is 3.90. The summed E-state index contributed by atoms with van der Waals surface area (Å²) in [6, 6.07) is 2.65. The number of amides is 1. The van der Waals surface area contributed by atoms with Crippen molar-refractivity contribution in [3.8, 4) is 0 Å². The van der Waals surface area contributed by atoms with Gasteiger partial charge >= 0.3 is 6.18 Å². The molecule has 0 radical (unpaired) electrons. The summed E-state index contributed by atoms with van der Waals surface area (Å²) in [4.78, 5) is 25.8. The lowest BCUT2D eigenvalue weighted by atomic mass is 10.1. The van der Waals surface area contributed by atoms with Crippen LogP contribution in [0.3, 0.4) is 0 Å². The smallest absolute Gasteiger partial charge is 0.355 e. The maximum atomic E-state index is 12.9. The van der Waals surface area contributed by atoms with Crippen molar-refractivity contribution in [3.05, 3.63) is 33.9 Å². The maximum Gasteiger partial charge on any atom is 0.416 e. The zero-order valence-electron chi connectivity index (χ0n) is 16.3. The molecule has 2 N–H and O–H groups in total. The first-order valence-electron chi connectivity index (χ1n) is 9.92. The molecule has 1 atom stereocenters. The highest BCUT2D eigenvalue weighted by Crippen LogP contribution is 2.36. The fourth-order valence-electron chi connectivity index (χ4n) is 4.16. The Morgan fingerprint density at radius 1 is 1.28 bits per heavy atom. The number of hydrogen-bond acceptors (Lipinski definition) is 4. The maximum absolute atomic E-state index is 12.9. The predicted molar refractivity (Wildman–Crippen MR) is 101 cm³/mol. The van der Waals surface area contributed by atoms with Gasteiger partial charge in [-0.3, -0.25) is 14.9 Å². The number of benzene rings is 1. The molecule has 0 unspecified atom stereocenters. The lowest BCUT2D eigenvalue weighted by Crippen LogP contribution is -3.19. The van der Waals surface area contributed by atoms with Gasteiger partial charge in [0, 0.05) is 12.1 Å². The molecular weight excluding hydrogens is 389 g/mol. The number of nitrogens with one attached hydrogen (secondary N) is 2. The standard InChI is InChI=1S/C19H25F3N4O3/c1-13(18(27)23-15-4-2-3-5-15)24-8-10-25(11-9-24)16-7-6-14(19(20,21)22)12-17(16)26(28)29/h6-7,12-13,15H,2-5,8-11H2,1H3,(H,23,27)/p+1/t13-/m0/s1. The highest BCUT2D eigenvalue weighted by atomic mass is 19.4. The van der Waals surface area contributed by atoms with Crippen LogP contribution in [0.4, 0.5) is 24.5 Å². The zero-order chi connectivity index (χ0) is 21.2. The van der Waals surface area contributed by atoms with Crippen LogP contribution in [-0.2, 0) is 11.0 Å². The van der Waals surface area contributed by atoms with Gasteiger partial charge in [0.2, 0.25) is 0 Å². The minimum absolute atomic E-state index is 0.0147. The van der Waals surface area contributed by atoms with E-state index >= 15 is 0 Å². The van der Waals surface area contributed by atoms with Gasteiger partial charge in [0.25, 0.3) is 11.6 Å². The Labute approximate surface area is 167 Å². The number of hydrogen-bond donors (Lipinski definition) is 2. The Kier molecular flexibility index (Phi) is 6.30. The number of anilines is 1. The largest absolute Gasteiger partial charge is 0.416 e. The third-order valence-electron chi connectivity index (χ3n) is 5.95. The molecule has 0 spiro atoms. The SMILES string of the molecule is C[C@@H](C(=O)NC1CCCC1)[NH+]1CCN(c2ccc(C(F)(F)F)cc2[N+](=O)[O-])CC1. The number of carbonyl (C=O) groups excluding carboxylic acids is 1. The number of piperazine rings is 1. The summed E-state index contributed by atoms with van der Waals surface area (Å²) in [5.41, 5.74) is -1.39. The molecule has 1 amide bonds. The summed E-state index contributed by atoms with van der Waals surface area (Å²) in [5, 5.41) is 14.4. The van der Waals surface area contributed by atoms with Crippen molar-refractivity contribution in [2.75, 3.05) is 31.1 Å². The van der Waals surface area contributed by atoms with Crippen LogP contribution >= 0.6 is 0 Å². The topological polar surface area (TPSA) is 79.9 Å². The van der Waals surface area contributed by atoms with E-state index in [1.165, 1.54) is 6.07 Å². The molecule has 1 aromatic rings. The first kappa shape index (κ1) is 21.4. The van der Waals surface area contributed by atoms with Crippen LogP contribution in [0.1, 0.15) is 38.2 Å². The van der Waals surface area contributed by atoms with Crippen molar-refractivity contribution >= 4 is 17.3 Å². The second-order valence-electron chi connectivity index (χ2n) is 7.82. The van der Waals surface area contributed by atoms with Crippen molar-refractivity contribution in [2.24, 2.45) is 0 Å². The average molecular weight is 415 g/mol. The molecule has 3 rings (SSSR count). The predicted octanol–water partition coefficient (Wildman–Crippen LogP) is 1.77. The first-order chi connectivity index (χ1) is 13.7. The lowest BCUT2D eigenvalue weighted by Gasteiger charge is -2.36. The number of nitro benzene ring substituents is 1. The van der Waals surface area contributed by atoms with E-state index in [4.69, 9.17) is 0 Å². The molecule has 29 heavy (non-hydrogen) atoms. The van der Waals surface area contributed by atoms with E-state index in [2.05, 4.69) is 5.32 Å². The fourth-order valence-corrected chi connectivity index (χ4v) is 4.16. The van der Waals surface area contributed by atoms with Crippen LogP contribution in [0, 0.1) is 10.1 Å². The number of nitro groups is 1. The van der Waals surface area contributed by atoms with Crippen LogP contribution in [0.2, 0.25) is 0 Å². The first-order valence-corrected chi connectivity index (χ1v) is 9.92. The molecule has 1 aromatic carbocycles.